The summed E-state index contributed by atoms with van der Waals surface area (Å²) in [5, 5.41) is 3.56. The molecule has 3 aromatic carbocycles. The summed E-state index contributed by atoms with van der Waals surface area (Å²) in [6.07, 6.45) is 1.28. The van der Waals surface area contributed by atoms with E-state index in [-0.39, 0.29) is 28.7 Å². The molecule has 0 aliphatic carbocycles. The van der Waals surface area contributed by atoms with Gasteiger partial charge in [-0.3, -0.25) is 9.59 Å². The number of ether oxygens (including phenoxy) is 2. The molecule has 0 aliphatic heterocycles. The molecule has 0 spiro atoms. The first-order chi connectivity index (χ1) is 16.3. The molecule has 34 heavy (non-hydrogen) atoms. The highest BCUT2D eigenvalue weighted by Gasteiger charge is 2.14. The molecule has 8 heteroatoms. The van der Waals surface area contributed by atoms with Crippen LogP contribution in [0.4, 0.5) is 5.69 Å². The summed E-state index contributed by atoms with van der Waals surface area (Å²) in [6.45, 7) is 3.83. The molecule has 1 heterocycles. The third-order valence-corrected chi connectivity index (χ3v) is 5.89. The number of amides is 1. The highest BCUT2D eigenvalue weighted by atomic mass is 35.5. The smallest absolute Gasteiger partial charge is 0.262 e. The number of benzene rings is 3. The average Bonchev–Trinajstić information content (AvgIpc) is 2.82. The van der Waals surface area contributed by atoms with Crippen molar-refractivity contribution in [3.63, 3.8) is 0 Å². The van der Waals surface area contributed by atoms with Gasteiger partial charge in [-0.05, 0) is 41.8 Å². The van der Waals surface area contributed by atoms with Crippen LogP contribution in [0.2, 0.25) is 10.0 Å². The fraction of sp³-hybridized carbons (Fsp3) is 0.154. The van der Waals surface area contributed by atoms with Gasteiger partial charge in [0.2, 0.25) is 11.2 Å². The van der Waals surface area contributed by atoms with Gasteiger partial charge < -0.3 is 19.2 Å². The zero-order valence-electron chi connectivity index (χ0n) is 18.4. The number of rotatable bonds is 7. The lowest BCUT2D eigenvalue weighted by molar-refractivity contribution is -0.118. The van der Waals surface area contributed by atoms with Crippen molar-refractivity contribution in [1.82, 2.24) is 0 Å². The van der Waals surface area contributed by atoms with Crippen LogP contribution in [0.15, 0.2) is 76.1 Å². The molecule has 0 aliphatic rings. The molecule has 0 radical (unpaired) electrons. The summed E-state index contributed by atoms with van der Waals surface area (Å²) < 4.78 is 17.1. The number of hydrogen-bond donors (Lipinski definition) is 1. The van der Waals surface area contributed by atoms with Gasteiger partial charge in [0.1, 0.15) is 23.3 Å². The van der Waals surface area contributed by atoms with E-state index < -0.39 is 5.91 Å². The molecule has 0 fully saturated rings. The third kappa shape index (κ3) is 5.19. The van der Waals surface area contributed by atoms with Crippen molar-refractivity contribution in [3.05, 3.63) is 92.8 Å². The second kappa shape index (κ2) is 10.2. The average molecular weight is 498 g/mol. The Labute approximate surface area is 206 Å². The minimum absolute atomic E-state index is 0.0899. The van der Waals surface area contributed by atoms with Crippen LogP contribution in [0.5, 0.6) is 17.2 Å². The van der Waals surface area contributed by atoms with Gasteiger partial charge in [-0.15, -0.1) is 0 Å². The maximum atomic E-state index is 12.9. The van der Waals surface area contributed by atoms with E-state index >= 15 is 0 Å². The lowest BCUT2D eigenvalue weighted by Gasteiger charge is -2.13. The Kier molecular flexibility index (Phi) is 7.10. The fourth-order valence-corrected chi connectivity index (χ4v) is 3.70. The Bertz CT molecular complexity index is 1410. The van der Waals surface area contributed by atoms with E-state index in [2.05, 4.69) is 19.2 Å². The maximum Gasteiger partial charge on any atom is 0.262 e. The topological polar surface area (TPSA) is 77.8 Å². The number of fused-ring (bicyclic) bond motifs is 1. The lowest BCUT2D eigenvalue weighted by Crippen LogP contribution is -2.20. The molecule has 1 aromatic heterocycles. The predicted molar refractivity (Wildman–Crippen MR) is 134 cm³/mol. The first-order valence-corrected chi connectivity index (χ1v) is 11.3. The molecule has 1 N–H and O–H groups in total. The number of halogens is 2. The Morgan fingerprint density at radius 2 is 1.82 bits per heavy atom. The van der Waals surface area contributed by atoms with E-state index in [1.165, 1.54) is 6.26 Å². The van der Waals surface area contributed by atoms with E-state index in [1.54, 1.807) is 36.4 Å². The van der Waals surface area contributed by atoms with Gasteiger partial charge in [0.05, 0.1) is 21.1 Å². The normalized spacial score (nSPS) is 11.0. The quantitative estimate of drug-likeness (QED) is 0.296. The van der Waals surface area contributed by atoms with E-state index in [9.17, 15) is 9.59 Å². The van der Waals surface area contributed by atoms with E-state index in [1.807, 2.05) is 24.3 Å². The first-order valence-electron chi connectivity index (χ1n) is 10.5. The van der Waals surface area contributed by atoms with Crippen molar-refractivity contribution in [2.24, 2.45) is 0 Å². The van der Waals surface area contributed by atoms with Crippen LogP contribution in [0.1, 0.15) is 25.3 Å². The Hall–Kier alpha value is -3.48. The monoisotopic (exact) mass is 497 g/mol. The lowest BCUT2D eigenvalue weighted by atomic mass is 10.0. The van der Waals surface area contributed by atoms with Crippen LogP contribution in [0.3, 0.4) is 0 Å². The molecule has 0 bridgehead atoms. The van der Waals surface area contributed by atoms with Crippen molar-refractivity contribution in [3.8, 4) is 17.2 Å². The Morgan fingerprint density at radius 3 is 2.62 bits per heavy atom. The molecule has 4 aromatic rings. The number of hydrogen-bond acceptors (Lipinski definition) is 5. The predicted octanol–water partition coefficient (Wildman–Crippen LogP) is 7.03. The highest BCUT2D eigenvalue weighted by molar-refractivity contribution is 6.44. The molecule has 0 atom stereocenters. The third-order valence-electron chi connectivity index (χ3n) is 5.07. The molecule has 0 saturated carbocycles. The summed E-state index contributed by atoms with van der Waals surface area (Å²) in [7, 11) is 0. The minimum atomic E-state index is -0.418. The molecule has 1 amide bonds. The summed E-state index contributed by atoms with van der Waals surface area (Å²) in [6, 6.07) is 17.2. The van der Waals surface area contributed by atoms with Crippen LogP contribution in [0.25, 0.3) is 11.0 Å². The SMILES string of the molecule is CC(C)c1ccccc1Oc1coc2cc(OCC(=O)Nc3cccc(Cl)c3Cl)ccc2c1=O. The summed E-state index contributed by atoms with van der Waals surface area (Å²) >= 11 is 12.0. The molecule has 174 valence electrons. The van der Waals surface area contributed by atoms with Gasteiger partial charge in [-0.1, -0.05) is 61.3 Å². The van der Waals surface area contributed by atoms with Crippen LogP contribution < -0.4 is 20.2 Å². The van der Waals surface area contributed by atoms with Crippen LogP contribution in [0, 0.1) is 0 Å². The molecule has 0 unspecified atom stereocenters. The van der Waals surface area contributed by atoms with Crippen LogP contribution in [-0.4, -0.2) is 12.5 Å². The van der Waals surface area contributed by atoms with Crippen LogP contribution in [-0.2, 0) is 4.79 Å². The van der Waals surface area contributed by atoms with Crippen molar-refractivity contribution in [2.45, 2.75) is 19.8 Å². The van der Waals surface area contributed by atoms with Gasteiger partial charge in [0, 0.05) is 6.07 Å². The van der Waals surface area contributed by atoms with Crippen molar-refractivity contribution in [1.29, 1.82) is 0 Å². The zero-order valence-corrected chi connectivity index (χ0v) is 19.9. The Balaban J connectivity index is 1.48. The fourth-order valence-electron chi connectivity index (χ4n) is 3.36. The maximum absolute atomic E-state index is 12.9. The molecular formula is C26H21Cl2NO5. The Morgan fingerprint density at radius 1 is 1.03 bits per heavy atom. The summed E-state index contributed by atoms with van der Waals surface area (Å²) in [4.78, 5) is 25.2. The molecule has 0 saturated heterocycles. The number of carbonyl (C=O) groups excluding carboxylic acids is 1. The van der Waals surface area contributed by atoms with Crippen LogP contribution >= 0.6 is 23.2 Å². The number of para-hydroxylation sites is 1. The molecule has 4 rings (SSSR count). The van der Waals surface area contributed by atoms with Crippen molar-refractivity contribution in [2.75, 3.05) is 11.9 Å². The molecular weight excluding hydrogens is 477 g/mol. The highest BCUT2D eigenvalue weighted by Crippen LogP contribution is 2.31. The van der Waals surface area contributed by atoms with E-state index in [4.69, 9.17) is 37.1 Å². The number of anilines is 1. The standard InChI is InChI=1S/C26H21Cl2NO5/c1-15(2)17-6-3-4-9-21(17)34-23-13-33-22-12-16(10-11-18(22)26(23)31)32-14-24(30)29-20-8-5-7-19(27)25(20)28/h3-13,15H,14H2,1-2H3,(H,29,30). The minimum Gasteiger partial charge on any atom is -0.484 e. The van der Waals surface area contributed by atoms with Gasteiger partial charge >= 0.3 is 0 Å². The second-order valence-corrected chi connectivity index (χ2v) is 8.61. The van der Waals surface area contributed by atoms with Crippen molar-refractivity contribution < 1.29 is 18.7 Å². The largest absolute Gasteiger partial charge is 0.484 e. The zero-order chi connectivity index (χ0) is 24.2. The second-order valence-electron chi connectivity index (χ2n) is 7.82. The van der Waals surface area contributed by atoms with Gasteiger partial charge in [0.15, 0.2) is 6.61 Å². The van der Waals surface area contributed by atoms with E-state index in [0.717, 1.165) is 5.56 Å². The first kappa shape index (κ1) is 23.7. The summed E-state index contributed by atoms with van der Waals surface area (Å²) in [5.41, 5.74) is 1.38. The summed E-state index contributed by atoms with van der Waals surface area (Å²) in [5.74, 6) is 0.873. The van der Waals surface area contributed by atoms with Crippen molar-refractivity contribution >= 4 is 45.8 Å². The molecule has 6 nitrogen and oxygen atoms in total. The number of carbonyl (C=O) groups is 1. The van der Waals surface area contributed by atoms with Gasteiger partial charge in [0.25, 0.3) is 5.91 Å². The number of nitrogens with one attached hydrogen (secondary N) is 1. The van der Waals surface area contributed by atoms with Gasteiger partial charge in [-0.2, -0.15) is 0 Å². The van der Waals surface area contributed by atoms with Gasteiger partial charge in [-0.25, -0.2) is 0 Å². The van der Waals surface area contributed by atoms with E-state index in [0.29, 0.717) is 33.2 Å².